The van der Waals surface area contributed by atoms with Crippen molar-refractivity contribution in [2.24, 2.45) is 0 Å². The highest BCUT2D eigenvalue weighted by atomic mass is 79.9. The maximum Gasteiger partial charge on any atom is 0.123 e. The van der Waals surface area contributed by atoms with Crippen LogP contribution in [-0.2, 0) is 6.42 Å². The lowest BCUT2D eigenvalue weighted by atomic mass is 10.0. The molecule has 0 aliphatic carbocycles. The molecule has 0 fully saturated rings. The Balaban J connectivity index is 2.08. The highest BCUT2D eigenvalue weighted by molar-refractivity contribution is 9.09. The Morgan fingerprint density at radius 1 is 1.10 bits per heavy atom. The molecule has 1 nitrogen and oxygen atoms in total. The third-order valence-electron chi connectivity index (χ3n) is 2.92. The minimum absolute atomic E-state index is 0.163. The highest BCUT2D eigenvalue weighted by Gasteiger charge is 2.10. The fraction of sp³-hybridized carbons (Fsp3) is 0.294. The second-order valence-corrected chi connectivity index (χ2v) is 6.14. The van der Waals surface area contributed by atoms with Crippen molar-refractivity contribution in [1.82, 2.24) is 0 Å². The number of ether oxygens (including phenoxy) is 1. The largest absolute Gasteiger partial charge is 0.491 e. The van der Waals surface area contributed by atoms with Gasteiger partial charge in [0.2, 0.25) is 0 Å². The molecular weight excluding hydrogens is 319 g/mol. The number of hydrogen-bond acceptors (Lipinski definition) is 1. The topological polar surface area (TPSA) is 9.23 Å². The van der Waals surface area contributed by atoms with Gasteiger partial charge in [-0.3, -0.25) is 0 Å². The SMILES string of the molecule is CC(C)Oc1cccc(C(Br)Cc2ccc(F)cc2)c1. The van der Waals surface area contributed by atoms with E-state index < -0.39 is 0 Å². The summed E-state index contributed by atoms with van der Waals surface area (Å²) in [5.74, 6) is 0.674. The second kappa shape index (κ2) is 6.89. The lowest BCUT2D eigenvalue weighted by molar-refractivity contribution is 0.242. The maximum atomic E-state index is 12.9. The van der Waals surface area contributed by atoms with E-state index in [1.54, 1.807) is 0 Å². The van der Waals surface area contributed by atoms with E-state index in [0.717, 1.165) is 23.3 Å². The van der Waals surface area contributed by atoms with Crippen LogP contribution in [0.1, 0.15) is 29.8 Å². The van der Waals surface area contributed by atoms with Gasteiger partial charge in [0.1, 0.15) is 11.6 Å². The molecule has 0 spiro atoms. The first kappa shape index (κ1) is 15.0. The first-order valence-corrected chi connectivity index (χ1v) is 7.61. The molecule has 2 aromatic rings. The van der Waals surface area contributed by atoms with Gasteiger partial charge in [-0.1, -0.05) is 40.2 Å². The molecule has 0 N–H and O–H groups in total. The van der Waals surface area contributed by atoms with E-state index in [0.29, 0.717) is 0 Å². The molecule has 0 aliphatic rings. The van der Waals surface area contributed by atoms with Crippen molar-refractivity contribution >= 4 is 15.9 Å². The number of hydrogen-bond donors (Lipinski definition) is 0. The Kier molecular flexibility index (Phi) is 5.18. The Hall–Kier alpha value is -1.35. The summed E-state index contributed by atoms with van der Waals surface area (Å²) in [6.07, 6.45) is 0.974. The van der Waals surface area contributed by atoms with Gasteiger partial charge in [0.05, 0.1) is 6.10 Å². The van der Waals surface area contributed by atoms with Crippen molar-refractivity contribution in [1.29, 1.82) is 0 Å². The molecule has 2 rings (SSSR count). The van der Waals surface area contributed by atoms with E-state index >= 15 is 0 Å². The van der Waals surface area contributed by atoms with Crippen LogP contribution in [0, 0.1) is 5.82 Å². The van der Waals surface area contributed by atoms with Crippen molar-refractivity contribution in [3.05, 3.63) is 65.5 Å². The molecule has 0 bridgehead atoms. The van der Waals surface area contributed by atoms with Gasteiger partial charge in [0.15, 0.2) is 0 Å². The molecule has 1 atom stereocenters. The van der Waals surface area contributed by atoms with Gasteiger partial charge in [-0.05, 0) is 55.7 Å². The molecule has 0 heterocycles. The van der Waals surface area contributed by atoms with Crippen LogP contribution in [0.3, 0.4) is 0 Å². The number of rotatable bonds is 5. The number of alkyl halides is 1. The van der Waals surface area contributed by atoms with Gasteiger partial charge in [0, 0.05) is 4.83 Å². The van der Waals surface area contributed by atoms with E-state index in [9.17, 15) is 4.39 Å². The summed E-state index contributed by atoms with van der Waals surface area (Å²) in [7, 11) is 0. The normalized spacial score (nSPS) is 12.4. The third kappa shape index (κ3) is 4.34. The second-order valence-electron chi connectivity index (χ2n) is 5.04. The zero-order chi connectivity index (χ0) is 14.5. The van der Waals surface area contributed by atoms with E-state index in [1.165, 1.54) is 12.1 Å². The molecule has 2 aromatic carbocycles. The Bertz CT molecular complexity index is 551. The quantitative estimate of drug-likeness (QED) is 0.674. The van der Waals surface area contributed by atoms with Crippen LogP contribution in [0.2, 0.25) is 0 Å². The summed E-state index contributed by atoms with van der Waals surface area (Å²) in [6, 6.07) is 14.7. The van der Waals surface area contributed by atoms with Crippen LogP contribution < -0.4 is 4.74 Å². The standard InChI is InChI=1S/C17H18BrFO/c1-12(2)20-16-5-3-4-14(11-16)17(18)10-13-6-8-15(19)9-7-13/h3-9,11-12,17H,10H2,1-2H3. The molecule has 0 radical (unpaired) electrons. The maximum absolute atomic E-state index is 12.9. The monoisotopic (exact) mass is 336 g/mol. The number of benzene rings is 2. The summed E-state index contributed by atoms with van der Waals surface area (Å²) < 4.78 is 18.6. The lowest BCUT2D eigenvalue weighted by Gasteiger charge is -2.14. The van der Waals surface area contributed by atoms with Gasteiger partial charge in [-0.15, -0.1) is 0 Å². The molecule has 1 unspecified atom stereocenters. The van der Waals surface area contributed by atoms with E-state index in [-0.39, 0.29) is 16.7 Å². The van der Waals surface area contributed by atoms with Crippen molar-refractivity contribution in [2.45, 2.75) is 31.2 Å². The Morgan fingerprint density at radius 2 is 1.80 bits per heavy atom. The van der Waals surface area contributed by atoms with Gasteiger partial charge < -0.3 is 4.74 Å². The molecule has 20 heavy (non-hydrogen) atoms. The van der Waals surface area contributed by atoms with Gasteiger partial charge in [0.25, 0.3) is 0 Å². The Labute approximate surface area is 127 Å². The summed E-state index contributed by atoms with van der Waals surface area (Å²) in [4.78, 5) is 0.184. The van der Waals surface area contributed by atoms with Gasteiger partial charge >= 0.3 is 0 Å². The minimum atomic E-state index is -0.202. The lowest BCUT2D eigenvalue weighted by Crippen LogP contribution is -2.06. The summed E-state index contributed by atoms with van der Waals surface area (Å²) in [5.41, 5.74) is 2.26. The average molecular weight is 337 g/mol. The van der Waals surface area contributed by atoms with Crippen LogP contribution >= 0.6 is 15.9 Å². The molecule has 106 valence electrons. The van der Waals surface area contributed by atoms with Crippen LogP contribution in [0.4, 0.5) is 4.39 Å². The van der Waals surface area contributed by atoms with Crippen molar-refractivity contribution in [3.63, 3.8) is 0 Å². The molecule has 0 saturated heterocycles. The molecule has 0 saturated carbocycles. The van der Waals surface area contributed by atoms with E-state index in [1.807, 2.05) is 44.2 Å². The van der Waals surface area contributed by atoms with Crippen molar-refractivity contribution in [3.8, 4) is 5.75 Å². The van der Waals surface area contributed by atoms with Crippen LogP contribution in [0.15, 0.2) is 48.5 Å². The van der Waals surface area contributed by atoms with Crippen LogP contribution in [0.25, 0.3) is 0 Å². The van der Waals surface area contributed by atoms with Crippen LogP contribution in [-0.4, -0.2) is 6.10 Å². The van der Waals surface area contributed by atoms with Crippen molar-refractivity contribution in [2.75, 3.05) is 0 Å². The fourth-order valence-electron chi connectivity index (χ4n) is 2.00. The first-order valence-electron chi connectivity index (χ1n) is 6.69. The predicted octanol–water partition coefficient (Wildman–Crippen LogP) is 5.29. The average Bonchev–Trinajstić information content (AvgIpc) is 2.41. The first-order chi connectivity index (χ1) is 9.54. The smallest absolute Gasteiger partial charge is 0.123 e. The fourth-order valence-corrected chi connectivity index (χ4v) is 2.66. The third-order valence-corrected chi connectivity index (χ3v) is 3.77. The number of halogens is 2. The van der Waals surface area contributed by atoms with Gasteiger partial charge in [-0.2, -0.15) is 0 Å². The van der Waals surface area contributed by atoms with Crippen molar-refractivity contribution < 1.29 is 9.13 Å². The summed E-state index contributed by atoms with van der Waals surface area (Å²) >= 11 is 3.69. The zero-order valence-electron chi connectivity index (χ0n) is 11.6. The van der Waals surface area contributed by atoms with E-state index in [4.69, 9.17) is 4.74 Å². The minimum Gasteiger partial charge on any atom is -0.491 e. The molecular formula is C17H18BrFO. The Morgan fingerprint density at radius 3 is 2.45 bits per heavy atom. The molecule has 0 amide bonds. The molecule has 0 aromatic heterocycles. The molecule has 0 aliphatic heterocycles. The van der Waals surface area contributed by atoms with E-state index in [2.05, 4.69) is 22.0 Å². The highest BCUT2D eigenvalue weighted by Crippen LogP contribution is 2.29. The zero-order valence-corrected chi connectivity index (χ0v) is 13.2. The summed E-state index contributed by atoms with van der Waals surface area (Å²) in [6.45, 7) is 4.02. The predicted molar refractivity (Wildman–Crippen MR) is 84.0 cm³/mol. The molecule has 3 heteroatoms. The summed E-state index contributed by atoms with van der Waals surface area (Å²) in [5, 5.41) is 0. The van der Waals surface area contributed by atoms with Gasteiger partial charge in [-0.25, -0.2) is 4.39 Å². The van der Waals surface area contributed by atoms with Crippen LogP contribution in [0.5, 0.6) is 5.75 Å².